The number of likely N-dealkylation sites (N-methyl/N-ethyl adjacent to an activating group) is 1. The van der Waals surface area contributed by atoms with Gasteiger partial charge in [-0.25, -0.2) is 0 Å². The summed E-state index contributed by atoms with van der Waals surface area (Å²) in [5.74, 6) is 0. The predicted molar refractivity (Wildman–Crippen MR) is 73.1 cm³/mol. The van der Waals surface area contributed by atoms with Crippen LogP contribution in [0.4, 0.5) is 0 Å². The van der Waals surface area contributed by atoms with Gasteiger partial charge in [0.2, 0.25) is 0 Å². The Hall–Kier alpha value is -0.640. The number of hydrogen-bond acceptors (Lipinski definition) is 3. The fourth-order valence-corrected chi connectivity index (χ4v) is 2.59. The molecule has 0 aromatic rings. The standard InChI is InChI=1S/C14H26N2O/c1-4-9-16(10-5-2)13-14(17)8-7-11-15(6-3)12-14/h4-5,17H,1-2,6-13H2,3H3/t14-/m0/s1. The Balaban J connectivity index is 2.55. The smallest absolute Gasteiger partial charge is 0.0900 e. The molecule has 1 N–H and O–H groups in total. The SMILES string of the molecule is C=CCN(CC=C)C[C@]1(O)CCCN(CC)C1. The minimum atomic E-state index is -0.569. The molecule has 1 saturated heterocycles. The molecule has 1 heterocycles. The van der Waals surface area contributed by atoms with Crippen LogP contribution < -0.4 is 0 Å². The first-order valence-electron chi connectivity index (χ1n) is 6.52. The summed E-state index contributed by atoms with van der Waals surface area (Å²) in [6, 6.07) is 0. The van der Waals surface area contributed by atoms with Gasteiger partial charge in [0.25, 0.3) is 0 Å². The van der Waals surface area contributed by atoms with E-state index in [1.165, 1.54) is 0 Å². The second-order valence-corrected chi connectivity index (χ2v) is 4.97. The van der Waals surface area contributed by atoms with Crippen molar-refractivity contribution < 1.29 is 5.11 Å². The largest absolute Gasteiger partial charge is 0.387 e. The maximum absolute atomic E-state index is 10.6. The van der Waals surface area contributed by atoms with Gasteiger partial charge in [-0.1, -0.05) is 19.1 Å². The van der Waals surface area contributed by atoms with Crippen molar-refractivity contribution in [1.29, 1.82) is 0 Å². The molecule has 1 atom stereocenters. The van der Waals surface area contributed by atoms with Gasteiger partial charge in [0.05, 0.1) is 5.60 Å². The van der Waals surface area contributed by atoms with E-state index >= 15 is 0 Å². The molecule has 1 rings (SSSR count). The molecule has 0 aromatic carbocycles. The van der Waals surface area contributed by atoms with Gasteiger partial charge in [0.1, 0.15) is 0 Å². The third-order valence-electron chi connectivity index (χ3n) is 3.37. The van der Waals surface area contributed by atoms with Crippen molar-refractivity contribution in [3.63, 3.8) is 0 Å². The number of hydrogen-bond donors (Lipinski definition) is 1. The van der Waals surface area contributed by atoms with Crippen LogP contribution in [0.25, 0.3) is 0 Å². The lowest BCUT2D eigenvalue weighted by Gasteiger charge is -2.41. The van der Waals surface area contributed by atoms with Gasteiger partial charge >= 0.3 is 0 Å². The molecule has 0 saturated carbocycles. The maximum atomic E-state index is 10.6. The van der Waals surface area contributed by atoms with Crippen molar-refractivity contribution in [2.75, 3.05) is 39.3 Å². The zero-order valence-electron chi connectivity index (χ0n) is 11.1. The molecule has 1 aliphatic heterocycles. The van der Waals surface area contributed by atoms with Gasteiger partial charge in [-0.15, -0.1) is 13.2 Å². The van der Waals surface area contributed by atoms with Crippen molar-refractivity contribution in [3.05, 3.63) is 25.3 Å². The summed E-state index contributed by atoms with van der Waals surface area (Å²) >= 11 is 0. The van der Waals surface area contributed by atoms with Crippen LogP contribution in [-0.4, -0.2) is 59.8 Å². The number of piperidine rings is 1. The summed E-state index contributed by atoms with van der Waals surface area (Å²) < 4.78 is 0. The average molecular weight is 238 g/mol. The Bertz CT molecular complexity index is 245. The Kier molecular flexibility index (Phi) is 5.89. The van der Waals surface area contributed by atoms with Gasteiger partial charge in [0, 0.05) is 26.2 Å². The van der Waals surface area contributed by atoms with E-state index in [0.29, 0.717) is 6.54 Å². The normalized spacial score (nSPS) is 26.1. The van der Waals surface area contributed by atoms with Crippen LogP contribution in [0, 0.1) is 0 Å². The quantitative estimate of drug-likeness (QED) is 0.681. The van der Waals surface area contributed by atoms with E-state index in [2.05, 4.69) is 29.9 Å². The number of rotatable bonds is 7. The van der Waals surface area contributed by atoms with Crippen molar-refractivity contribution >= 4 is 0 Å². The number of nitrogens with zero attached hydrogens (tertiary/aromatic N) is 2. The van der Waals surface area contributed by atoms with Gasteiger partial charge < -0.3 is 10.0 Å². The van der Waals surface area contributed by atoms with Gasteiger partial charge in [-0.2, -0.15) is 0 Å². The Morgan fingerprint density at radius 1 is 1.35 bits per heavy atom. The summed E-state index contributed by atoms with van der Waals surface area (Å²) in [6.45, 7) is 14.9. The zero-order chi connectivity index (χ0) is 12.7. The Labute approximate surface area is 105 Å². The first-order chi connectivity index (χ1) is 8.13. The Morgan fingerprint density at radius 2 is 2.00 bits per heavy atom. The highest BCUT2D eigenvalue weighted by molar-refractivity contribution is 4.92. The van der Waals surface area contributed by atoms with E-state index in [-0.39, 0.29) is 0 Å². The lowest BCUT2D eigenvalue weighted by atomic mass is 9.92. The molecule has 0 aliphatic carbocycles. The molecule has 17 heavy (non-hydrogen) atoms. The highest BCUT2D eigenvalue weighted by Gasteiger charge is 2.33. The van der Waals surface area contributed by atoms with E-state index < -0.39 is 5.60 Å². The molecule has 0 radical (unpaired) electrons. The monoisotopic (exact) mass is 238 g/mol. The summed E-state index contributed by atoms with van der Waals surface area (Å²) in [6.07, 6.45) is 5.75. The summed E-state index contributed by atoms with van der Waals surface area (Å²) in [4.78, 5) is 4.52. The molecule has 0 amide bonds. The molecule has 0 spiro atoms. The molecule has 3 nitrogen and oxygen atoms in total. The highest BCUT2D eigenvalue weighted by atomic mass is 16.3. The molecular formula is C14H26N2O. The minimum absolute atomic E-state index is 0.569. The molecule has 98 valence electrons. The van der Waals surface area contributed by atoms with E-state index in [1.54, 1.807) is 0 Å². The second kappa shape index (κ2) is 6.94. The first kappa shape index (κ1) is 14.4. The third-order valence-corrected chi connectivity index (χ3v) is 3.37. The van der Waals surface area contributed by atoms with Crippen LogP contribution in [0.5, 0.6) is 0 Å². The Morgan fingerprint density at radius 3 is 2.53 bits per heavy atom. The van der Waals surface area contributed by atoms with Crippen molar-refractivity contribution in [3.8, 4) is 0 Å². The highest BCUT2D eigenvalue weighted by Crippen LogP contribution is 2.22. The third kappa shape index (κ3) is 4.62. The first-order valence-corrected chi connectivity index (χ1v) is 6.52. The molecule has 1 aliphatic rings. The second-order valence-electron chi connectivity index (χ2n) is 4.97. The number of aliphatic hydroxyl groups is 1. The molecule has 3 heteroatoms. The van der Waals surface area contributed by atoms with Crippen molar-refractivity contribution in [2.45, 2.75) is 25.4 Å². The topological polar surface area (TPSA) is 26.7 Å². The molecule has 1 fully saturated rings. The van der Waals surface area contributed by atoms with E-state index in [9.17, 15) is 5.11 Å². The van der Waals surface area contributed by atoms with Crippen LogP contribution in [0.1, 0.15) is 19.8 Å². The summed E-state index contributed by atoms with van der Waals surface area (Å²) in [5.41, 5.74) is -0.569. The van der Waals surface area contributed by atoms with Crippen molar-refractivity contribution in [1.82, 2.24) is 9.80 Å². The van der Waals surface area contributed by atoms with Gasteiger partial charge in [-0.05, 0) is 25.9 Å². The van der Waals surface area contributed by atoms with E-state index in [0.717, 1.165) is 45.6 Å². The summed E-state index contributed by atoms with van der Waals surface area (Å²) in [7, 11) is 0. The summed E-state index contributed by atoms with van der Waals surface area (Å²) in [5, 5.41) is 10.6. The molecule has 0 unspecified atom stereocenters. The van der Waals surface area contributed by atoms with Crippen LogP contribution in [0.15, 0.2) is 25.3 Å². The van der Waals surface area contributed by atoms with E-state index in [1.807, 2.05) is 12.2 Å². The lowest BCUT2D eigenvalue weighted by Crippen LogP contribution is -2.54. The number of β-amino-alcohol motifs (C(OH)–C–C–N with tert-alkyl or cyclic N) is 1. The molecule has 0 aromatic heterocycles. The lowest BCUT2D eigenvalue weighted by molar-refractivity contribution is -0.0486. The van der Waals surface area contributed by atoms with Gasteiger partial charge in [-0.3, -0.25) is 4.90 Å². The van der Waals surface area contributed by atoms with Crippen LogP contribution in [-0.2, 0) is 0 Å². The number of likely N-dealkylation sites (tertiary alicyclic amines) is 1. The molecular weight excluding hydrogens is 212 g/mol. The zero-order valence-corrected chi connectivity index (χ0v) is 11.1. The fourth-order valence-electron chi connectivity index (χ4n) is 2.59. The minimum Gasteiger partial charge on any atom is -0.387 e. The average Bonchev–Trinajstić information content (AvgIpc) is 2.29. The van der Waals surface area contributed by atoms with Crippen LogP contribution in [0.3, 0.4) is 0 Å². The van der Waals surface area contributed by atoms with E-state index in [4.69, 9.17) is 0 Å². The van der Waals surface area contributed by atoms with Gasteiger partial charge in [0.15, 0.2) is 0 Å². The van der Waals surface area contributed by atoms with Crippen LogP contribution >= 0.6 is 0 Å². The van der Waals surface area contributed by atoms with Crippen LogP contribution in [0.2, 0.25) is 0 Å². The molecule has 0 bridgehead atoms. The predicted octanol–water partition coefficient (Wildman–Crippen LogP) is 1.51. The fraction of sp³-hybridized carbons (Fsp3) is 0.714. The maximum Gasteiger partial charge on any atom is 0.0900 e. The van der Waals surface area contributed by atoms with Crippen molar-refractivity contribution in [2.24, 2.45) is 0 Å².